The van der Waals surface area contributed by atoms with Gasteiger partial charge in [-0.05, 0) is 43.2 Å². The zero-order valence-electron chi connectivity index (χ0n) is 16.2. The summed E-state index contributed by atoms with van der Waals surface area (Å²) in [6, 6.07) is 7.86. The number of hydrogen-bond acceptors (Lipinski definition) is 5. The molecule has 1 aliphatic rings. The van der Waals surface area contributed by atoms with E-state index in [1.807, 2.05) is 24.3 Å². The Hall–Kier alpha value is -1.88. The first kappa shape index (κ1) is 20.4. The molecule has 0 aliphatic heterocycles. The fourth-order valence-corrected chi connectivity index (χ4v) is 3.33. The van der Waals surface area contributed by atoms with Gasteiger partial charge in [0.25, 0.3) is 5.79 Å². The van der Waals surface area contributed by atoms with E-state index in [2.05, 4.69) is 0 Å². The minimum Gasteiger partial charge on any atom is -0.423 e. The molecule has 0 unspecified atom stereocenters. The van der Waals surface area contributed by atoms with Crippen molar-refractivity contribution in [1.82, 2.24) is 0 Å². The SMILES string of the molecule is CCC(=O)OC(C)(C)OC(=O)[C@@H](C)c1ccc(C[C@H]2CCC[C@@H]2O)cc1. The fourth-order valence-electron chi connectivity index (χ4n) is 3.33. The summed E-state index contributed by atoms with van der Waals surface area (Å²) in [5, 5.41) is 9.96. The predicted molar refractivity (Wildman–Crippen MR) is 98.5 cm³/mol. The van der Waals surface area contributed by atoms with Crippen LogP contribution in [0.15, 0.2) is 24.3 Å². The second-order valence-electron chi connectivity index (χ2n) is 7.57. The number of aliphatic hydroxyl groups is 1. The summed E-state index contributed by atoms with van der Waals surface area (Å²) in [6.07, 6.45) is 3.94. The van der Waals surface area contributed by atoms with Crippen molar-refractivity contribution in [2.45, 2.75) is 77.6 Å². The van der Waals surface area contributed by atoms with Crippen molar-refractivity contribution in [3.05, 3.63) is 35.4 Å². The molecular formula is C21H30O5. The van der Waals surface area contributed by atoms with E-state index >= 15 is 0 Å². The van der Waals surface area contributed by atoms with Gasteiger partial charge in [-0.1, -0.05) is 37.6 Å². The molecule has 3 atom stereocenters. The molecule has 2 rings (SSSR count). The molecule has 5 heteroatoms. The minimum absolute atomic E-state index is 0.198. The first-order valence-electron chi connectivity index (χ1n) is 9.43. The molecule has 0 amide bonds. The number of carbonyl (C=O) groups excluding carboxylic acids is 2. The van der Waals surface area contributed by atoms with Gasteiger partial charge in [0.15, 0.2) is 0 Å². The number of hydrogen-bond donors (Lipinski definition) is 1. The van der Waals surface area contributed by atoms with E-state index in [4.69, 9.17) is 9.47 Å². The molecule has 1 aromatic carbocycles. The van der Waals surface area contributed by atoms with Gasteiger partial charge in [0.05, 0.1) is 12.0 Å². The predicted octanol–water partition coefficient (Wildman–Crippen LogP) is 3.73. The van der Waals surface area contributed by atoms with E-state index < -0.39 is 23.6 Å². The molecule has 0 aromatic heterocycles. The van der Waals surface area contributed by atoms with E-state index in [1.165, 1.54) is 0 Å². The van der Waals surface area contributed by atoms with Crippen LogP contribution in [-0.4, -0.2) is 28.9 Å². The molecule has 0 heterocycles. The lowest BCUT2D eigenvalue weighted by Crippen LogP contribution is -2.35. The number of benzene rings is 1. The molecular weight excluding hydrogens is 332 g/mol. The number of carbonyl (C=O) groups is 2. The maximum atomic E-state index is 12.4. The monoisotopic (exact) mass is 362 g/mol. The van der Waals surface area contributed by atoms with Crippen LogP contribution in [-0.2, 0) is 25.5 Å². The van der Waals surface area contributed by atoms with Crippen molar-refractivity contribution in [2.24, 2.45) is 5.92 Å². The summed E-state index contributed by atoms with van der Waals surface area (Å²) in [5.74, 6) is -2.25. The molecule has 1 saturated carbocycles. The smallest absolute Gasteiger partial charge is 0.316 e. The Morgan fingerprint density at radius 2 is 1.85 bits per heavy atom. The molecule has 0 saturated heterocycles. The third-order valence-electron chi connectivity index (χ3n) is 4.94. The highest BCUT2D eigenvalue weighted by molar-refractivity contribution is 5.78. The largest absolute Gasteiger partial charge is 0.423 e. The van der Waals surface area contributed by atoms with Crippen LogP contribution in [0.5, 0.6) is 0 Å². The molecule has 144 valence electrons. The Balaban J connectivity index is 1.94. The van der Waals surface area contributed by atoms with Gasteiger partial charge < -0.3 is 14.6 Å². The molecule has 5 nitrogen and oxygen atoms in total. The van der Waals surface area contributed by atoms with E-state index in [0.717, 1.165) is 36.8 Å². The van der Waals surface area contributed by atoms with Gasteiger partial charge in [-0.25, -0.2) is 0 Å². The fraction of sp³-hybridized carbons (Fsp3) is 0.619. The molecule has 1 aliphatic carbocycles. The van der Waals surface area contributed by atoms with Crippen LogP contribution in [0, 0.1) is 5.92 Å². The Morgan fingerprint density at radius 1 is 1.19 bits per heavy atom. The number of aliphatic hydroxyl groups excluding tert-OH is 1. The second kappa shape index (κ2) is 8.67. The highest BCUT2D eigenvalue weighted by Gasteiger charge is 2.30. The number of ether oxygens (including phenoxy) is 2. The third kappa shape index (κ3) is 5.56. The summed E-state index contributed by atoms with van der Waals surface area (Å²) in [4.78, 5) is 23.8. The van der Waals surface area contributed by atoms with Gasteiger partial charge in [-0.2, -0.15) is 0 Å². The van der Waals surface area contributed by atoms with Crippen molar-refractivity contribution in [3.63, 3.8) is 0 Å². The summed E-state index contributed by atoms with van der Waals surface area (Å²) < 4.78 is 10.5. The van der Waals surface area contributed by atoms with Crippen LogP contribution in [0.25, 0.3) is 0 Å². The zero-order valence-corrected chi connectivity index (χ0v) is 16.2. The Morgan fingerprint density at radius 3 is 2.38 bits per heavy atom. The lowest BCUT2D eigenvalue weighted by Gasteiger charge is -2.26. The average Bonchev–Trinajstić information content (AvgIpc) is 2.98. The Kier molecular flexibility index (Phi) is 6.81. The lowest BCUT2D eigenvalue weighted by atomic mass is 9.93. The summed E-state index contributed by atoms with van der Waals surface area (Å²) in [6.45, 7) is 6.58. The van der Waals surface area contributed by atoms with Gasteiger partial charge in [-0.15, -0.1) is 0 Å². The standard InChI is InChI=1S/C21H30O5/c1-5-19(23)25-21(3,4)26-20(24)14(2)16-11-9-15(10-12-16)13-17-7-6-8-18(17)22/h9-12,14,17-18,22H,5-8,13H2,1-4H3/t14-,17+,18-/m0/s1. The molecule has 1 fully saturated rings. The topological polar surface area (TPSA) is 72.8 Å². The van der Waals surface area contributed by atoms with Crippen LogP contribution in [0.4, 0.5) is 0 Å². The van der Waals surface area contributed by atoms with Gasteiger partial charge in [-0.3, -0.25) is 9.59 Å². The lowest BCUT2D eigenvalue weighted by molar-refractivity contribution is -0.216. The summed E-state index contributed by atoms with van der Waals surface area (Å²) in [5.41, 5.74) is 2.01. The van der Waals surface area contributed by atoms with Crippen molar-refractivity contribution in [1.29, 1.82) is 0 Å². The highest BCUT2D eigenvalue weighted by atomic mass is 16.7. The normalized spacial score (nSPS) is 21.3. The number of rotatable bonds is 7. The van der Waals surface area contributed by atoms with Crippen LogP contribution in [0.3, 0.4) is 0 Å². The minimum atomic E-state index is -1.28. The van der Waals surface area contributed by atoms with Crippen molar-refractivity contribution in [3.8, 4) is 0 Å². The quantitative estimate of drug-likeness (QED) is 0.591. The molecule has 0 bridgehead atoms. The van der Waals surface area contributed by atoms with Crippen molar-refractivity contribution >= 4 is 11.9 Å². The molecule has 0 spiro atoms. The van der Waals surface area contributed by atoms with Gasteiger partial charge in [0.1, 0.15) is 0 Å². The first-order chi connectivity index (χ1) is 12.2. The average molecular weight is 362 g/mol. The summed E-state index contributed by atoms with van der Waals surface area (Å²) in [7, 11) is 0. The first-order valence-corrected chi connectivity index (χ1v) is 9.43. The summed E-state index contributed by atoms with van der Waals surface area (Å²) >= 11 is 0. The third-order valence-corrected chi connectivity index (χ3v) is 4.94. The Labute approximate surface area is 155 Å². The van der Waals surface area contributed by atoms with Gasteiger partial charge >= 0.3 is 11.9 Å². The van der Waals surface area contributed by atoms with E-state index in [-0.39, 0.29) is 12.5 Å². The van der Waals surface area contributed by atoms with Crippen molar-refractivity contribution in [2.75, 3.05) is 0 Å². The van der Waals surface area contributed by atoms with Gasteiger partial charge in [0, 0.05) is 20.3 Å². The van der Waals surface area contributed by atoms with E-state index in [9.17, 15) is 14.7 Å². The zero-order chi connectivity index (χ0) is 19.3. The van der Waals surface area contributed by atoms with Gasteiger partial charge in [0.2, 0.25) is 0 Å². The molecule has 1 N–H and O–H groups in total. The van der Waals surface area contributed by atoms with Crippen LogP contribution >= 0.6 is 0 Å². The highest BCUT2D eigenvalue weighted by Crippen LogP contribution is 2.29. The van der Waals surface area contributed by atoms with Crippen LogP contribution in [0.2, 0.25) is 0 Å². The number of esters is 2. The maximum Gasteiger partial charge on any atom is 0.316 e. The second-order valence-corrected chi connectivity index (χ2v) is 7.57. The van der Waals surface area contributed by atoms with Crippen LogP contribution in [0.1, 0.15) is 70.4 Å². The van der Waals surface area contributed by atoms with E-state index in [0.29, 0.717) is 5.92 Å². The molecule has 0 radical (unpaired) electrons. The van der Waals surface area contributed by atoms with Crippen molar-refractivity contribution < 1.29 is 24.2 Å². The maximum absolute atomic E-state index is 12.4. The van der Waals surface area contributed by atoms with E-state index in [1.54, 1.807) is 27.7 Å². The molecule has 26 heavy (non-hydrogen) atoms. The Bertz CT molecular complexity index is 620. The molecule has 1 aromatic rings. The van der Waals surface area contributed by atoms with Crippen LogP contribution < -0.4 is 0 Å².